The van der Waals surface area contributed by atoms with Gasteiger partial charge in [-0.1, -0.05) is 41.6 Å². The number of benzene rings is 2. The molecule has 5 nitrogen and oxygen atoms in total. The summed E-state index contributed by atoms with van der Waals surface area (Å²) < 4.78 is 37.5. The first kappa shape index (κ1) is 19.4. The van der Waals surface area contributed by atoms with Crippen molar-refractivity contribution in [1.29, 1.82) is 0 Å². The van der Waals surface area contributed by atoms with E-state index in [1.54, 1.807) is 41.3 Å². The van der Waals surface area contributed by atoms with Crippen LogP contribution in [-0.4, -0.2) is 42.3 Å². The molecule has 146 valence electrons. The minimum absolute atomic E-state index is 0.0141. The van der Waals surface area contributed by atoms with Gasteiger partial charge in [0.15, 0.2) is 15.0 Å². The maximum Gasteiger partial charge on any atom is 0.252 e. The molecule has 2 atom stereocenters. The Morgan fingerprint density at radius 2 is 1.89 bits per heavy atom. The summed E-state index contributed by atoms with van der Waals surface area (Å²) in [5.41, 5.74) is 1.29. The molecule has 0 spiro atoms. The lowest BCUT2D eigenvalue weighted by molar-refractivity contribution is -0.117. The van der Waals surface area contributed by atoms with E-state index in [-0.39, 0.29) is 40.9 Å². The van der Waals surface area contributed by atoms with E-state index in [1.165, 1.54) is 23.9 Å². The molecule has 2 aliphatic heterocycles. The van der Waals surface area contributed by atoms with E-state index in [4.69, 9.17) is 11.6 Å². The lowest BCUT2D eigenvalue weighted by Gasteiger charge is -2.24. The number of nitrogens with zero attached hydrogens (tertiary/aromatic N) is 2. The molecule has 2 aromatic rings. The predicted molar refractivity (Wildman–Crippen MR) is 110 cm³/mol. The van der Waals surface area contributed by atoms with Crippen LogP contribution >= 0.6 is 23.4 Å². The third kappa shape index (κ3) is 3.94. The number of sulfone groups is 1. The molecule has 0 bridgehead atoms. The van der Waals surface area contributed by atoms with Gasteiger partial charge in [-0.05, 0) is 35.9 Å². The van der Waals surface area contributed by atoms with Gasteiger partial charge in [0.2, 0.25) is 0 Å². The summed E-state index contributed by atoms with van der Waals surface area (Å²) in [6.07, 6.45) is 0.0502. The Morgan fingerprint density at radius 1 is 1.18 bits per heavy atom. The Hall–Kier alpha value is -1.90. The van der Waals surface area contributed by atoms with Crippen LogP contribution < -0.4 is 4.90 Å². The van der Waals surface area contributed by atoms with Crippen molar-refractivity contribution in [3.8, 4) is 0 Å². The van der Waals surface area contributed by atoms with Crippen molar-refractivity contribution in [2.45, 2.75) is 17.7 Å². The van der Waals surface area contributed by atoms with Crippen molar-refractivity contribution in [3.05, 3.63) is 64.9 Å². The number of amides is 1. The molecule has 0 radical (unpaired) electrons. The quantitative estimate of drug-likeness (QED) is 0.735. The van der Waals surface area contributed by atoms with Gasteiger partial charge in [-0.3, -0.25) is 4.79 Å². The van der Waals surface area contributed by atoms with Gasteiger partial charge >= 0.3 is 0 Å². The number of hydrogen-bond donors (Lipinski definition) is 0. The average Bonchev–Trinajstić information content (AvgIpc) is 3.09. The molecule has 2 heterocycles. The van der Waals surface area contributed by atoms with Gasteiger partial charge in [0.25, 0.3) is 5.91 Å². The second-order valence-corrected chi connectivity index (χ2v) is 10.5. The number of aliphatic imine (C=N–C) groups is 1. The number of carbonyl (C=O) groups is 1. The topological polar surface area (TPSA) is 66.8 Å². The van der Waals surface area contributed by atoms with Gasteiger partial charge in [0.1, 0.15) is 5.82 Å². The first-order valence-corrected chi connectivity index (χ1v) is 11.7. The zero-order valence-electron chi connectivity index (χ0n) is 14.6. The molecule has 0 aromatic heterocycles. The van der Waals surface area contributed by atoms with E-state index in [9.17, 15) is 17.6 Å². The van der Waals surface area contributed by atoms with E-state index in [1.807, 2.05) is 0 Å². The maximum atomic E-state index is 13.3. The Morgan fingerprint density at radius 3 is 2.61 bits per heavy atom. The summed E-state index contributed by atoms with van der Waals surface area (Å²) in [6.45, 7) is 0. The van der Waals surface area contributed by atoms with Gasteiger partial charge in [-0.15, -0.1) is 0 Å². The van der Waals surface area contributed by atoms with Crippen LogP contribution in [0.2, 0.25) is 5.02 Å². The number of rotatable bonds is 3. The van der Waals surface area contributed by atoms with Gasteiger partial charge < -0.3 is 4.90 Å². The minimum Gasteiger partial charge on any atom is -0.316 e. The normalized spacial score (nSPS) is 24.5. The van der Waals surface area contributed by atoms with Crippen molar-refractivity contribution in [3.63, 3.8) is 0 Å². The van der Waals surface area contributed by atoms with Crippen LogP contribution in [0.1, 0.15) is 5.56 Å². The number of halogens is 2. The fourth-order valence-corrected chi connectivity index (χ4v) is 7.55. The van der Waals surface area contributed by atoms with Gasteiger partial charge in [0.05, 0.1) is 24.0 Å². The molecule has 1 amide bonds. The SMILES string of the molecule is O=C(Cc1ccccc1Cl)N=C1S[C@H]2CS(=O)(=O)C[C@H]2N1c1ccc(F)cc1. The summed E-state index contributed by atoms with van der Waals surface area (Å²) in [6, 6.07) is 12.5. The summed E-state index contributed by atoms with van der Waals surface area (Å²) in [4.78, 5) is 18.5. The first-order valence-electron chi connectivity index (χ1n) is 8.59. The molecule has 0 unspecified atom stereocenters. The lowest BCUT2D eigenvalue weighted by atomic mass is 10.1. The average molecular weight is 439 g/mol. The number of anilines is 1. The van der Waals surface area contributed by atoms with Crippen LogP contribution in [0.25, 0.3) is 0 Å². The highest BCUT2D eigenvalue weighted by Crippen LogP contribution is 2.41. The van der Waals surface area contributed by atoms with Crippen LogP contribution in [0.15, 0.2) is 53.5 Å². The predicted octanol–water partition coefficient (Wildman–Crippen LogP) is 3.32. The van der Waals surface area contributed by atoms with Crippen molar-refractivity contribution >= 4 is 50.0 Å². The molecular formula is C19H16ClFN2O3S2. The van der Waals surface area contributed by atoms with Crippen molar-refractivity contribution < 1.29 is 17.6 Å². The summed E-state index contributed by atoms with van der Waals surface area (Å²) in [5, 5.41) is 0.726. The van der Waals surface area contributed by atoms with Crippen LogP contribution in [0.3, 0.4) is 0 Å². The van der Waals surface area contributed by atoms with Crippen molar-refractivity contribution in [2.24, 2.45) is 4.99 Å². The van der Waals surface area contributed by atoms with E-state index in [0.717, 1.165) is 0 Å². The van der Waals surface area contributed by atoms with Gasteiger partial charge in [0, 0.05) is 16.0 Å². The summed E-state index contributed by atoms with van der Waals surface area (Å²) >= 11 is 7.40. The van der Waals surface area contributed by atoms with Crippen LogP contribution in [0.4, 0.5) is 10.1 Å². The van der Waals surface area contributed by atoms with E-state index in [0.29, 0.717) is 21.4 Å². The molecule has 0 N–H and O–H groups in total. The van der Waals surface area contributed by atoms with E-state index in [2.05, 4.69) is 4.99 Å². The standard InChI is InChI=1S/C19H16ClFN2O3S2/c20-15-4-2-1-3-12(15)9-18(24)22-19-23(14-7-5-13(21)6-8-14)16-10-28(25,26)11-17(16)27-19/h1-8,16-17H,9-11H2/t16-,17+/m1/s1. The van der Waals surface area contributed by atoms with Crippen LogP contribution in [0, 0.1) is 5.82 Å². The molecule has 28 heavy (non-hydrogen) atoms. The Labute approximate surface area is 171 Å². The minimum atomic E-state index is -3.15. The third-order valence-electron chi connectivity index (χ3n) is 4.69. The van der Waals surface area contributed by atoms with Crippen LogP contribution in [-0.2, 0) is 21.1 Å². The Bertz CT molecular complexity index is 1060. The molecule has 9 heteroatoms. The summed E-state index contributed by atoms with van der Waals surface area (Å²) in [7, 11) is -3.15. The zero-order chi connectivity index (χ0) is 19.9. The van der Waals surface area contributed by atoms with Crippen molar-refractivity contribution in [2.75, 3.05) is 16.4 Å². The number of amidine groups is 1. The fraction of sp³-hybridized carbons (Fsp3) is 0.263. The Balaban J connectivity index is 1.65. The number of fused-ring (bicyclic) bond motifs is 1. The second kappa shape index (κ2) is 7.50. The van der Waals surface area contributed by atoms with E-state index < -0.39 is 9.84 Å². The number of carbonyl (C=O) groups excluding carboxylic acids is 1. The first-order chi connectivity index (χ1) is 13.3. The number of hydrogen-bond acceptors (Lipinski definition) is 4. The monoisotopic (exact) mass is 438 g/mol. The van der Waals surface area contributed by atoms with Crippen LogP contribution in [0.5, 0.6) is 0 Å². The lowest BCUT2D eigenvalue weighted by Crippen LogP contribution is -2.37. The molecular weight excluding hydrogens is 423 g/mol. The third-order valence-corrected chi connectivity index (χ3v) is 8.27. The molecule has 2 aliphatic rings. The van der Waals surface area contributed by atoms with Gasteiger partial charge in [-0.25, -0.2) is 12.8 Å². The highest BCUT2D eigenvalue weighted by Gasteiger charge is 2.49. The maximum absolute atomic E-state index is 13.3. The Kier molecular flexibility index (Phi) is 5.20. The smallest absolute Gasteiger partial charge is 0.252 e. The molecule has 0 aliphatic carbocycles. The molecule has 2 aromatic carbocycles. The molecule has 4 rings (SSSR count). The largest absolute Gasteiger partial charge is 0.316 e. The second-order valence-electron chi connectivity index (χ2n) is 6.70. The zero-order valence-corrected chi connectivity index (χ0v) is 17.0. The molecule has 2 saturated heterocycles. The number of thioether (sulfide) groups is 1. The van der Waals surface area contributed by atoms with Gasteiger partial charge in [-0.2, -0.15) is 4.99 Å². The highest BCUT2D eigenvalue weighted by atomic mass is 35.5. The summed E-state index contributed by atoms with van der Waals surface area (Å²) in [5.74, 6) is -0.734. The van der Waals surface area contributed by atoms with Crippen molar-refractivity contribution in [1.82, 2.24) is 0 Å². The molecule has 2 fully saturated rings. The fourth-order valence-electron chi connectivity index (χ4n) is 3.42. The molecule has 0 saturated carbocycles. The van der Waals surface area contributed by atoms with E-state index >= 15 is 0 Å². The highest BCUT2D eigenvalue weighted by molar-refractivity contribution is 8.16.